The highest BCUT2D eigenvalue weighted by Crippen LogP contribution is 2.38. The summed E-state index contributed by atoms with van der Waals surface area (Å²) in [6.07, 6.45) is 5.48. The molecule has 2 heterocycles. The second-order valence-corrected chi connectivity index (χ2v) is 6.07. The van der Waals surface area contributed by atoms with E-state index in [9.17, 15) is 0 Å². The molecule has 0 saturated heterocycles. The summed E-state index contributed by atoms with van der Waals surface area (Å²) in [5.74, 6) is 2.81. The van der Waals surface area contributed by atoms with Gasteiger partial charge in [-0.2, -0.15) is 4.98 Å². The van der Waals surface area contributed by atoms with Gasteiger partial charge in [0.1, 0.15) is 0 Å². The van der Waals surface area contributed by atoms with Gasteiger partial charge < -0.3 is 10.3 Å². The number of anilines is 1. The molecule has 1 aliphatic rings. The van der Waals surface area contributed by atoms with Gasteiger partial charge in [0, 0.05) is 11.3 Å². The zero-order valence-corrected chi connectivity index (χ0v) is 11.8. The normalized spacial score (nSPS) is 23.0. The van der Waals surface area contributed by atoms with Gasteiger partial charge in [0.25, 0.3) is 0 Å². The molecule has 1 fully saturated rings. The summed E-state index contributed by atoms with van der Waals surface area (Å²) >= 11 is 1.44. The van der Waals surface area contributed by atoms with E-state index in [0.717, 1.165) is 17.4 Å². The predicted octanol–water partition coefficient (Wildman–Crippen LogP) is 2.99. The van der Waals surface area contributed by atoms with Crippen LogP contribution in [0.2, 0.25) is 0 Å². The monoisotopic (exact) mass is 278 g/mol. The Morgan fingerprint density at radius 1 is 1.42 bits per heavy atom. The zero-order chi connectivity index (χ0) is 13.2. The van der Waals surface area contributed by atoms with E-state index >= 15 is 0 Å². The molecule has 2 atom stereocenters. The smallest absolute Gasteiger partial charge is 0.232 e. The van der Waals surface area contributed by atoms with Gasteiger partial charge in [-0.15, -0.1) is 11.3 Å². The molecule has 19 heavy (non-hydrogen) atoms. The van der Waals surface area contributed by atoms with E-state index in [4.69, 9.17) is 10.3 Å². The number of hydrogen-bond donors (Lipinski definition) is 1. The van der Waals surface area contributed by atoms with Crippen molar-refractivity contribution in [1.82, 2.24) is 15.1 Å². The molecule has 2 unspecified atom stereocenters. The first-order valence-corrected chi connectivity index (χ1v) is 7.65. The van der Waals surface area contributed by atoms with Crippen LogP contribution in [0.4, 0.5) is 5.13 Å². The second-order valence-electron chi connectivity index (χ2n) is 5.18. The third-order valence-corrected chi connectivity index (χ3v) is 4.59. The molecule has 0 bridgehead atoms. The fourth-order valence-corrected chi connectivity index (χ4v) is 3.31. The van der Waals surface area contributed by atoms with E-state index in [1.165, 1.54) is 37.0 Å². The first kappa shape index (κ1) is 12.6. The third kappa shape index (κ3) is 2.78. The Balaban J connectivity index is 1.66. The van der Waals surface area contributed by atoms with Crippen molar-refractivity contribution in [1.29, 1.82) is 0 Å². The van der Waals surface area contributed by atoms with Crippen LogP contribution in [0.25, 0.3) is 0 Å². The fourth-order valence-electron chi connectivity index (χ4n) is 2.74. The summed E-state index contributed by atoms with van der Waals surface area (Å²) in [4.78, 5) is 8.72. The average molecular weight is 278 g/mol. The van der Waals surface area contributed by atoms with Crippen LogP contribution in [0.3, 0.4) is 0 Å². The number of rotatable bonds is 4. The van der Waals surface area contributed by atoms with Crippen molar-refractivity contribution in [3.8, 4) is 0 Å². The Bertz CT molecular complexity index is 550. The first-order valence-electron chi connectivity index (χ1n) is 6.77. The number of aromatic nitrogens is 3. The molecular weight excluding hydrogens is 260 g/mol. The van der Waals surface area contributed by atoms with Crippen LogP contribution in [0.15, 0.2) is 9.90 Å². The third-order valence-electron chi connectivity index (χ3n) is 3.87. The Hall–Kier alpha value is -1.43. The van der Waals surface area contributed by atoms with Crippen molar-refractivity contribution < 1.29 is 4.52 Å². The summed E-state index contributed by atoms with van der Waals surface area (Å²) in [6.45, 7) is 2.25. The molecule has 6 heteroatoms. The van der Waals surface area contributed by atoms with Crippen molar-refractivity contribution in [2.75, 3.05) is 5.73 Å². The SMILES string of the molecule is CCC1CCC(c2noc(Cc3csc(N)n3)n2)C1. The highest BCUT2D eigenvalue weighted by atomic mass is 32.1. The summed E-state index contributed by atoms with van der Waals surface area (Å²) in [7, 11) is 0. The van der Waals surface area contributed by atoms with E-state index in [0.29, 0.717) is 23.4 Å². The van der Waals surface area contributed by atoms with Gasteiger partial charge in [-0.1, -0.05) is 18.5 Å². The summed E-state index contributed by atoms with van der Waals surface area (Å²) < 4.78 is 5.32. The molecule has 0 radical (unpaired) electrons. The van der Waals surface area contributed by atoms with Gasteiger partial charge >= 0.3 is 0 Å². The number of nitrogens with zero attached hydrogens (tertiary/aromatic N) is 3. The van der Waals surface area contributed by atoms with E-state index in [2.05, 4.69) is 22.0 Å². The summed E-state index contributed by atoms with van der Waals surface area (Å²) in [5, 5.41) is 6.64. The van der Waals surface area contributed by atoms with Crippen molar-refractivity contribution in [3.05, 3.63) is 22.8 Å². The molecular formula is C13H18N4OS. The number of nitrogens with two attached hydrogens (primary N) is 1. The molecule has 102 valence electrons. The Morgan fingerprint density at radius 2 is 2.32 bits per heavy atom. The number of nitrogen functional groups attached to an aromatic ring is 1. The van der Waals surface area contributed by atoms with Crippen LogP contribution in [-0.4, -0.2) is 15.1 Å². The maximum absolute atomic E-state index is 5.61. The predicted molar refractivity (Wildman–Crippen MR) is 74.0 cm³/mol. The quantitative estimate of drug-likeness (QED) is 0.930. The van der Waals surface area contributed by atoms with Crippen molar-refractivity contribution in [2.24, 2.45) is 5.92 Å². The molecule has 0 amide bonds. The van der Waals surface area contributed by atoms with Crippen LogP contribution in [0.1, 0.15) is 55.9 Å². The number of thiazole rings is 1. The average Bonchev–Trinajstić information content (AvgIpc) is 3.10. The van der Waals surface area contributed by atoms with Crippen LogP contribution < -0.4 is 5.73 Å². The summed E-state index contributed by atoms with van der Waals surface area (Å²) in [6, 6.07) is 0. The maximum atomic E-state index is 5.61. The molecule has 0 spiro atoms. The topological polar surface area (TPSA) is 77.8 Å². The lowest BCUT2D eigenvalue weighted by atomic mass is 10.0. The first-order chi connectivity index (χ1) is 9.24. The van der Waals surface area contributed by atoms with E-state index in [1.807, 2.05) is 5.38 Å². The number of hydrogen-bond acceptors (Lipinski definition) is 6. The molecule has 3 rings (SSSR count). The molecule has 1 saturated carbocycles. The van der Waals surface area contributed by atoms with Gasteiger partial charge in [0.15, 0.2) is 11.0 Å². The van der Waals surface area contributed by atoms with Crippen molar-refractivity contribution in [3.63, 3.8) is 0 Å². The van der Waals surface area contributed by atoms with Gasteiger partial charge in [0.05, 0.1) is 12.1 Å². The van der Waals surface area contributed by atoms with Crippen LogP contribution in [0, 0.1) is 5.92 Å². The van der Waals surface area contributed by atoms with E-state index in [1.54, 1.807) is 0 Å². The fraction of sp³-hybridized carbons (Fsp3) is 0.615. The molecule has 0 aliphatic heterocycles. The Labute approximate surface area is 116 Å². The largest absolute Gasteiger partial charge is 0.375 e. The van der Waals surface area contributed by atoms with Gasteiger partial charge in [-0.3, -0.25) is 0 Å². The minimum Gasteiger partial charge on any atom is -0.375 e. The molecule has 2 N–H and O–H groups in total. The van der Waals surface area contributed by atoms with Gasteiger partial charge in [-0.05, 0) is 25.2 Å². The highest BCUT2D eigenvalue weighted by Gasteiger charge is 2.28. The Kier molecular flexibility index (Phi) is 3.50. The second kappa shape index (κ2) is 5.28. The molecule has 5 nitrogen and oxygen atoms in total. The van der Waals surface area contributed by atoms with E-state index < -0.39 is 0 Å². The lowest BCUT2D eigenvalue weighted by Gasteiger charge is -2.04. The molecule has 2 aromatic heterocycles. The van der Waals surface area contributed by atoms with E-state index in [-0.39, 0.29) is 0 Å². The van der Waals surface area contributed by atoms with Crippen LogP contribution in [-0.2, 0) is 6.42 Å². The zero-order valence-electron chi connectivity index (χ0n) is 11.0. The minimum atomic E-state index is 0.475. The highest BCUT2D eigenvalue weighted by molar-refractivity contribution is 7.13. The van der Waals surface area contributed by atoms with Crippen LogP contribution in [0.5, 0.6) is 0 Å². The minimum absolute atomic E-state index is 0.475. The van der Waals surface area contributed by atoms with Gasteiger partial charge in [-0.25, -0.2) is 4.98 Å². The van der Waals surface area contributed by atoms with Gasteiger partial charge in [0.2, 0.25) is 5.89 Å². The lowest BCUT2D eigenvalue weighted by Crippen LogP contribution is -1.98. The Morgan fingerprint density at radius 3 is 3.00 bits per heavy atom. The molecule has 2 aromatic rings. The lowest BCUT2D eigenvalue weighted by molar-refractivity contribution is 0.374. The molecule has 1 aliphatic carbocycles. The summed E-state index contributed by atoms with van der Waals surface area (Å²) in [5.41, 5.74) is 6.51. The standard InChI is InChI=1S/C13H18N4OS/c1-2-8-3-4-9(5-8)12-16-11(18-17-12)6-10-7-19-13(14)15-10/h7-9H,2-6H2,1H3,(H2,14,15). The maximum Gasteiger partial charge on any atom is 0.232 e. The van der Waals surface area contributed by atoms with Crippen molar-refractivity contribution in [2.45, 2.75) is 44.9 Å². The van der Waals surface area contributed by atoms with Crippen molar-refractivity contribution >= 4 is 16.5 Å². The molecule has 0 aromatic carbocycles. The van der Waals surface area contributed by atoms with Crippen LogP contribution >= 0.6 is 11.3 Å².